The maximum absolute atomic E-state index is 6.71. The Labute approximate surface area is 638 Å². The maximum atomic E-state index is 6.71. The smallest absolute Gasteiger partial charge is 0.159 e. The van der Waals surface area contributed by atoms with E-state index < -0.39 is 0 Å². The van der Waals surface area contributed by atoms with E-state index in [1.165, 1.54) is 125 Å². The normalized spacial score (nSPS) is 11.5. The van der Waals surface area contributed by atoms with E-state index in [0.29, 0.717) is 0 Å². The molecule has 0 spiro atoms. The van der Waals surface area contributed by atoms with Crippen molar-refractivity contribution in [3.63, 3.8) is 0 Å². The van der Waals surface area contributed by atoms with Crippen LogP contribution in [0.15, 0.2) is 414 Å². The molecule has 5 heteroatoms. The topological polar surface area (TPSA) is 41.6 Å². The van der Waals surface area contributed by atoms with Crippen molar-refractivity contribution in [2.75, 3.05) is 10.2 Å². The molecule has 0 saturated carbocycles. The van der Waals surface area contributed by atoms with Crippen LogP contribution in [-0.2, 0) is 0 Å². The molecule has 20 aromatic carbocycles. The molecule has 2 aromatic heterocycles. The van der Waals surface area contributed by atoms with Crippen molar-refractivity contribution in [2.45, 2.75) is 0 Å². The first-order valence-electron chi connectivity index (χ1n) is 37.0. The van der Waals surface area contributed by atoms with Gasteiger partial charge < -0.3 is 19.1 Å². The fraction of sp³-hybridized carbons (Fsp3) is 0. The molecule has 0 aliphatic heterocycles. The fourth-order valence-electron chi connectivity index (χ4n) is 16.5. The summed E-state index contributed by atoms with van der Waals surface area (Å²) >= 11 is 3.48. The minimum absolute atomic E-state index is 0.863. The van der Waals surface area contributed by atoms with Crippen molar-refractivity contribution < 1.29 is 8.83 Å². The van der Waals surface area contributed by atoms with Gasteiger partial charge in [0, 0.05) is 44.3 Å². The lowest BCUT2D eigenvalue weighted by Crippen LogP contribution is -2.10. The van der Waals surface area contributed by atoms with Crippen LogP contribution < -0.4 is 10.2 Å². The Hall–Kier alpha value is -13.8. The number of benzene rings is 20. The minimum Gasteiger partial charge on any atom is -0.455 e. The van der Waals surface area contributed by atoms with E-state index in [-0.39, 0.29) is 0 Å². The first-order valence-corrected chi connectivity index (χ1v) is 37.8. The molecule has 2 heterocycles. The van der Waals surface area contributed by atoms with Gasteiger partial charge in [-0.15, -0.1) is 0 Å². The molecule has 22 rings (SSSR count). The Kier molecular flexibility index (Phi) is 16.4. The number of nitrogens with one attached hydrogen (secondary N) is 1. The molecule has 0 aliphatic carbocycles. The molecule has 0 amide bonds. The Balaban J connectivity index is 0.000000124. The third-order valence-corrected chi connectivity index (χ3v) is 22.1. The van der Waals surface area contributed by atoms with Gasteiger partial charge in [0.2, 0.25) is 0 Å². The van der Waals surface area contributed by atoms with Gasteiger partial charge in [0.15, 0.2) is 5.58 Å². The number of furan rings is 2. The van der Waals surface area contributed by atoms with Crippen LogP contribution in [0.5, 0.6) is 0 Å². The highest BCUT2D eigenvalue weighted by Crippen LogP contribution is 2.47. The van der Waals surface area contributed by atoms with E-state index in [2.05, 4.69) is 390 Å². The first-order chi connectivity index (χ1) is 54.0. The molecule has 0 unspecified atom stereocenters. The molecular weight excluding hydrogens is 1390 g/mol. The van der Waals surface area contributed by atoms with E-state index in [0.717, 1.165) is 82.5 Å². The Morgan fingerprint density at radius 2 is 0.495 bits per heavy atom. The second-order valence-corrected chi connectivity index (χ2v) is 28.8. The summed E-state index contributed by atoms with van der Waals surface area (Å²) in [7, 11) is 0. The van der Waals surface area contributed by atoms with Gasteiger partial charge in [-0.3, -0.25) is 0 Å². The zero-order chi connectivity index (χ0) is 72.3. The van der Waals surface area contributed by atoms with Gasteiger partial charge in [0.1, 0.15) is 16.7 Å². The second-order valence-electron chi connectivity index (χ2n) is 28.0. The summed E-state index contributed by atoms with van der Waals surface area (Å²) in [5.41, 5.74) is 18.5. The molecule has 0 bridgehead atoms. The number of para-hydroxylation sites is 4. The molecule has 1 N–H and O–H groups in total. The molecule has 0 saturated heterocycles. The lowest BCUT2D eigenvalue weighted by molar-refractivity contribution is 0.667. The van der Waals surface area contributed by atoms with Crippen LogP contribution in [0.3, 0.4) is 0 Å². The first kappa shape index (κ1) is 64.7. The summed E-state index contributed by atoms with van der Waals surface area (Å²) in [6.07, 6.45) is 0. The van der Waals surface area contributed by atoms with Crippen LogP contribution in [0.25, 0.3) is 175 Å². The van der Waals surface area contributed by atoms with Crippen LogP contribution in [0.4, 0.5) is 28.4 Å². The largest absolute Gasteiger partial charge is 0.455 e. The van der Waals surface area contributed by atoms with Crippen molar-refractivity contribution >= 4 is 174 Å². The number of fused-ring (bicyclic) bond motifs is 18. The summed E-state index contributed by atoms with van der Waals surface area (Å²) in [4.78, 5) is 2.37. The van der Waals surface area contributed by atoms with Crippen molar-refractivity contribution in [1.82, 2.24) is 0 Å². The van der Waals surface area contributed by atoms with Crippen LogP contribution in [0.2, 0.25) is 0 Å². The lowest BCUT2D eigenvalue weighted by atomic mass is 9.92. The summed E-state index contributed by atoms with van der Waals surface area (Å²) in [6.45, 7) is 0. The predicted molar refractivity (Wildman–Crippen MR) is 468 cm³/mol. The number of halogens is 1. The van der Waals surface area contributed by atoms with Crippen molar-refractivity contribution in [3.05, 3.63) is 405 Å². The van der Waals surface area contributed by atoms with Crippen molar-refractivity contribution in [2.24, 2.45) is 0 Å². The molecule has 0 aliphatic rings. The number of rotatable bonds is 9. The highest BCUT2D eigenvalue weighted by atomic mass is 79.9. The highest BCUT2D eigenvalue weighted by molar-refractivity contribution is 9.10. The quantitative estimate of drug-likeness (QED) is 0.146. The number of nitrogens with zero attached hydrogens (tertiary/aromatic N) is 1. The molecule has 22 aromatic rings. The molecule has 109 heavy (non-hydrogen) atoms. The van der Waals surface area contributed by atoms with E-state index in [4.69, 9.17) is 8.83 Å². The van der Waals surface area contributed by atoms with Gasteiger partial charge in [-0.2, -0.15) is 0 Å². The van der Waals surface area contributed by atoms with Crippen LogP contribution in [0.1, 0.15) is 0 Å². The molecule has 0 radical (unpaired) electrons. The Morgan fingerprint density at radius 3 is 0.890 bits per heavy atom. The van der Waals surface area contributed by atoms with Gasteiger partial charge in [0.05, 0.1) is 10.2 Å². The third kappa shape index (κ3) is 11.8. The predicted octanol–water partition coefficient (Wildman–Crippen LogP) is 30.7. The van der Waals surface area contributed by atoms with Gasteiger partial charge in [-0.1, -0.05) is 303 Å². The standard InChI is InChI=1S/C52H33NO.C40H27N.C12H7BrO/c1-3-20-40-36(14-1)32-48(44-24-7-5-22-42(40)44)34-16-11-18-38(30-34)53(50-28-13-27-47-46-26-9-10-29-51(46)54-52(47)50)39-19-12-17-35(31-39)49-33-37-15-2-4-21-41(37)43-23-6-8-25-45(43)49;1-3-17-33-29(11-1)25-39(37-21-7-5-19-35(33)37)27-13-9-15-31(23-27)41-32-16-10-14-28(24-32)40-26-30-12-2-4-18-34(30)36-20-6-8-22-38(36)40;13-10-6-3-5-9-8-4-1-2-7-11(8)14-12(9)10/h1-33H;1-26,41H;1-7H. The maximum Gasteiger partial charge on any atom is 0.159 e. The number of anilines is 5. The van der Waals surface area contributed by atoms with E-state index in [1.807, 2.05) is 36.4 Å². The van der Waals surface area contributed by atoms with Crippen LogP contribution in [-0.4, -0.2) is 0 Å². The second kappa shape index (κ2) is 27.6. The van der Waals surface area contributed by atoms with Crippen LogP contribution >= 0.6 is 15.9 Å². The lowest BCUT2D eigenvalue weighted by Gasteiger charge is -2.27. The molecule has 512 valence electrons. The average Bonchev–Trinajstić information content (AvgIpc) is 0.908. The Morgan fingerprint density at radius 1 is 0.211 bits per heavy atom. The summed E-state index contributed by atoms with van der Waals surface area (Å²) in [5.74, 6) is 0. The summed E-state index contributed by atoms with van der Waals surface area (Å²) in [6, 6.07) is 143. The molecule has 4 nitrogen and oxygen atoms in total. The van der Waals surface area contributed by atoms with E-state index in [1.54, 1.807) is 0 Å². The van der Waals surface area contributed by atoms with Crippen molar-refractivity contribution in [3.8, 4) is 44.5 Å². The van der Waals surface area contributed by atoms with E-state index >= 15 is 0 Å². The van der Waals surface area contributed by atoms with Crippen LogP contribution in [0, 0.1) is 0 Å². The van der Waals surface area contributed by atoms with Gasteiger partial charge in [-0.25, -0.2) is 0 Å². The monoisotopic (exact) mass is 1450 g/mol. The minimum atomic E-state index is 0.863. The van der Waals surface area contributed by atoms with Gasteiger partial charge in [-0.05, 0) is 244 Å². The van der Waals surface area contributed by atoms with E-state index in [9.17, 15) is 0 Å². The number of hydrogen-bond donors (Lipinski definition) is 1. The Bertz CT molecular complexity index is 7010. The zero-order valence-electron chi connectivity index (χ0n) is 59.2. The SMILES string of the molecule is Brc1cccc2c1oc1ccccc12.c1cc(-c2cc3ccccc3c3ccccc23)cc(N(c2cccc(-c3cc4ccccc4c4ccccc34)c2)c2cccc3c2oc2ccccc23)c1.c1cc(Nc2cccc(-c3cc4ccccc4c4ccccc34)c2)cc(-c2cc3ccccc3c3ccccc23)c1. The summed E-state index contributed by atoms with van der Waals surface area (Å²) < 4.78 is 13.4. The van der Waals surface area contributed by atoms with Crippen molar-refractivity contribution in [1.29, 1.82) is 0 Å². The molecule has 0 fully saturated rings. The van der Waals surface area contributed by atoms with Gasteiger partial charge >= 0.3 is 0 Å². The highest BCUT2D eigenvalue weighted by Gasteiger charge is 2.23. The number of hydrogen-bond acceptors (Lipinski definition) is 4. The average molecular weight is 1460 g/mol. The summed E-state index contributed by atoms with van der Waals surface area (Å²) in [5, 5.41) is 28.5. The van der Waals surface area contributed by atoms with Gasteiger partial charge in [0.25, 0.3) is 0 Å². The molecular formula is C104H67BrN2O2. The third-order valence-electron chi connectivity index (χ3n) is 21.5. The molecule has 0 atom stereocenters. The fourth-order valence-corrected chi connectivity index (χ4v) is 17.0. The zero-order valence-corrected chi connectivity index (χ0v) is 60.8.